The van der Waals surface area contributed by atoms with Gasteiger partial charge in [-0.2, -0.15) is 0 Å². The van der Waals surface area contributed by atoms with Crippen LogP contribution in [0.2, 0.25) is 0 Å². The first-order valence-corrected chi connectivity index (χ1v) is 7.31. The summed E-state index contributed by atoms with van der Waals surface area (Å²) in [6.07, 6.45) is 2.02. The smallest absolute Gasteiger partial charge is 0.220 e. The van der Waals surface area contributed by atoms with Crippen molar-refractivity contribution in [1.82, 2.24) is 5.32 Å². The van der Waals surface area contributed by atoms with Crippen LogP contribution in [-0.2, 0) is 17.6 Å². The quantitative estimate of drug-likeness (QED) is 0.803. The number of amides is 1. The zero-order chi connectivity index (χ0) is 15.1. The molecule has 0 fully saturated rings. The first kappa shape index (κ1) is 18.1. The maximum Gasteiger partial charge on any atom is 0.220 e. The third kappa shape index (κ3) is 5.78. The van der Waals surface area contributed by atoms with Crippen molar-refractivity contribution in [3.63, 3.8) is 0 Å². The molecule has 3 N–H and O–H groups in total. The Hall–Kier alpha value is -2.00. The summed E-state index contributed by atoms with van der Waals surface area (Å²) in [4.78, 5) is 11.8. The molecular weight excluding hydrogens is 296 g/mol. The molecule has 0 radical (unpaired) electrons. The Morgan fingerprint density at radius 3 is 2.41 bits per heavy atom. The zero-order valence-electron chi connectivity index (χ0n) is 12.8. The van der Waals surface area contributed by atoms with Crippen LogP contribution >= 0.6 is 12.4 Å². The Morgan fingerprint density at radius 2 is 1.73 bits per heavy atom. The fourth-order valence-electron chi connectivity index (χ4n) is 2.20. The van der Waals surface area contributed by atoms with E-state index >= 15 is 0 Å². The Balaban J connectivity index is 0.00000242. The van der Waals surface area contributed by atoms with Gasteiger partial charge in [0.15, 0.2) is 0 Å². The monoisotopic (exact) mass is 318 g/mol. The van der Waals surface area contributed by atoms with Crippen LogP contribution < -0.4 is 11.1 Å². The van der Waals surface area contributed by atoms with E-state index in [1.165, 1.54) is 11.1 Å². The van der Waals surface area contributed by atoms with Gasteiger partial charge in [-0.05, 0) is 37.0 Å². The first-order chi connectivity index (χ1) is 10.1. The van der Waals surface area contributed by atoms with Crippen molar-refractivity contribution in [3.8, 4) is 0 Å². The second-order valence-electron chi connectivity index (χ2n) is 5.28. The molecule has 0 bridgehead atoms. The minimum absolute atomic E-state index is 0. The Labute approximate surface area is 138 Å². The summed E-state index contributed by atoms with van der Waals surface area (Å²) in [5.41, 5.74) is 10.1. The molecule has 0 aliphatic heterocycles. The summed E-state index contributed by atoms with van der Waals surface area (Å²) in [7, 11) is 0. The third-order valence-corrected chi connectivity index (χ3v) is 3.53. The summed E-state index contributed by atoms with van der Waals surface area (Å²) in [5.74, 6) is 0.0744. The van der Waals surface area contributed by atoms with Crippen LogP contribution in [0.1, 0.15) is 23.1 Å². The van der Waals surface area contributed by atoms with Gasteiger partial charge in [-0.3, -0.25) is 4.79 Å². The molecular formula is C18H23ClN2O. The molecule has 1 amide bonds. The Kier molecular flexibility index (Phi) is 7.47. The highest BCUT2D eigenvalue weighted by atomic mass is 35.5. The minimum atomic E-state index is 0. The highest BCUT2D eigenvalue weighted by Gasteiger charge is 2.04. The van der Waals surface area contributed by atoms with Gasteiger partial charge in [-0.15, -0.1) is 12.4 Å². The summed E-state index contributed by atoms with van der Waals surface area (Å²) >= 11 is 0. The van der Waals surface area contributed by atoms with Gasteiger partial charge in [-0.25, -0.2) is 0 Å². The van der Waals surface area contributed by atoms with E-state index in [0.717, 1.165) is 17.7 Å². The highest BCUT2D eigenvalue weighted by Crippen LogP contribution is 2.12. The molecule has 2 rings (SSSR count). The minimum Gasteiger partial charge on any atom is -0.399 e. The number of para-hydroxylation sites is 1. The molecule has 0 unspecified atom stereocenters. The van der Waals surface area contributed by atoms with Crippen LogP contribution in [0.15, 0.2) is 48.5 Å². The second kappa shape index (κ2) is 9.11. The molecule has 4 heteroatoms. The maximum absolute atomic E-state index is 11.8. The molecule has 22 heavy (non-hydrogen) atoms. The highest BCUT2D eigenvalue weighted by molar-refractivity contribution is 5.85. The number of nitrogens with one attached hydrogen (secondary N) is 1. The number of rotatable bonds is 6. The molecule has 0 aliphatic rings. The first-order valence-electron chi connectivity index (χ1n) is 7.31. The summed E-state index contributed by atoms with van der Waals surface area (Å²) < 4.78 is 0. The van der Waals surface area contributed by atoms with E-state index in [2.05, 4.69) is 36.5 Å². The van der Waals surface area contributed by atoms with Crippen molar-refractivity contribution in [2.24, 2.45) is 0 Å². The number of halogens is 1. The lowest BCUT2D eigenvalue weighted by Gasteiger charge is -2.07. The number of carbonyl (C=O) groups is 1. The fraction of sp³-hybridized carbons (Fsp3) is 0.278. The lowest BCUT2D eigenvalue weighted by atomic mass is 10.1. The van der Waals surface area contributed by atoms with E-state index in [4.69, 9.17) is 5.73 Å². The Morgan fingerprint density at radius 1 is 1.05 bits per heavy atom. The average molecular weight is 319 g/mol. The summed E-state index contributed by atoms with van der Waals surface area (Å²) in [6, 6.07) is 16.1. The number of aryl methyl sites for hydroxylation is 2. The van der Waals surface area contributed by atoms with Crippen LogP contribution in [0.3, 0.4) is 0 Å². The van der Waals surface area contributed by atoms with E-state index in [-0.39, 0.29) is 18.3 Å². The van der Waals surface area contributed by atoms with Crippen molar-refractivity contribution >= 4 is 24.0 Å². The molecule has 118 valence electrons. The molecule has 0 saturated heterocycles. The van der Waals surface area contributed by atoms with E-state index in [1.807, 2.05) is 24.3 Å². The van der Waals surface area contributed by atoms with Gasteiger partial charge in [0.2, 0.25) is 5.91 Å². The average Bonchev–Trinajstić information content (AvgIpc) is 2.48. The number of hydrogen-bond donors (Lipinski definition) is 2. The molecule has 0 heterocycles. The van der Waals surface area contributed by atoms with Crippen molar-refractivity contribution in [2.45, 2.75) is 26.2 Å². The van der Waals surface area contributed by atoms with E-state index in [0.29, 0.717) is 19.4 Å². The molecule has 0 aromatic heterocycles. The number of nitrogens with two attached hydrogens (primary N) is 1. The number of carbonyl (C=O) groups excluding carboxylic acids is 1. The van der Waals surface area contributed by atoms with Gasteiger partial charge in [-0.1, -0.05) is 48.0 Å². The van der Waals surface area contributed by atoms with Crippen LogP contribution in [0.5, 0.6) is 0 Å². The lowest BCUT2D eigenvalue weighted by molar-refractivity contribution is -0.121. The molecule has 0 spiro atoms. The van der Waals surface area contributed by atoms with Crippen molar-refractivity contribution in [3.05, 3.63) is 65.2 Å². The molecule has 0 saturated carbocycles. The molecule has 3 nitrogen and oxygen atoms in total. The molecule has 2 aromatic carbocycles. The molecule has 0 atom stereocenters. The van der Waals surface area contributed by atoms with Crippen LogP contribution in [-0.4, -0.2) is 12.5 Å². The fourth-order valence-corrected chi connectivity index (χ4v) is 2.20. The molecule has 2 aromatic rings. The van der Waals surface area contributed by atoms with E-state index in [9.17, 15) is 4.79 Å². The van der Waals surface area contributed by atoms with E-state index in [1.54, 1.807) is 0 Å². The number of benzene rings is 2. The van der Waals surface area contributed by atoms with Gasteiger partial charge >= 0.3 is 0 Å². The third-order valence-electron chi connectivity index (χ3n) is 3.53. The van der Waals surface area contributed by atoms with Gasteiger partial charge in [0.1, 0.15) is 0 Å². The predicted molar refractivity (Wildman–Crippen MR) is 94.3 cm³/mol. The van der Waals surface area contributed by atoms with Gasteiger partial charge in [0, 0.05) is 18.7 Å². The second-order valence-corrected chi connectivity index (χ2v) is 5.28. The summed E-state index contributed by atoms with van der Waals surface area (Å²) in [6.45, 7) is 2.74. The molecule has 0 aliphatic carbocycles. The largest absolute Gasteiger partial charge is 0.399 e. The standard InChI is InChI=1S/C18H22N2O.ClH/c1-14-6-8-15(9-7-14)12-13-20-18(21)11-10-16-4-2-3-5-17(16)19;/h2-9H,10-13,19H2,1H3,(H,20,21);1H. The van der Waals surface area contributed by atoms with Gasteiger partial charge < -0.3 is 11.1 Å². The number of hydrogen-bond acceptors (Lipinski definition) is 2. The van der Waals surface area contributed by atoms with Crippen LogP contribution in [0.4, 0.5) is 5.69 Å². The number of nitrogen functional groups attached to an aromatic ring is 1. The van der Waals surface area contributed by atoms with Crippen LogP contribution in [0, 0.1) is 6.92 Å². The van der Waals surface area contributed by atoms with E-state index < -0.39 is 0 Å². The van der Waals surface area contributed by atoms with Crippen molar-refractivity contribution in [2.75, 3.05) is 12.3 Å². The van der Waals surface area contributed by atoms with Crippen molar-refractivity contribution in [1.29, 1.82) is 0 Å². The zero-order valence-corrected chi connectivity index (χ0v) is 13.7. The Bertz CT molecular complexity index is 596. The number of anilines is 1. The summed E-state index contributed by atoms with van der Waals surface area (Å²) in [5, 5.41) is 2.96. The van der Waals surface area contributed by atoms with Crippen molar-refractivity contribution < 1.29 is 4.79 Å². The van der Waals surface area contributed by atoms with Gasteiger partial charge in [0.05, 0.1) is 0 Å². The topological polar surface area (TPSA) is 55.1 Å². The maximum atomic E-state index is 11.8. The van der Waals surface area contributed by atoms with Gasteiger partial charge in [0.25, 0.3) is 0 Å². The SMILES string of the molecule is Cc1ccc(CCNC(=O)CCc2ccccc2N)cc1.Cl. The normalized spacial score (nSPS) is 9.86. The predicted octanol–water partition coefficient (Wildman–Crippen LogP) is 3.29. The van der Waals surface area contributed by atoms with Crippen LogP contribution in [0.25, 0.3) is 0 Å². The lowest BCUT2D eigenvalue weighted by Crippen LogP contribution is -2.25.